The Morgan fingerprint density at radius 1 is 1.26 bits per heavy atom. The summed E-state index contributed by atoms with van der Waals surface area (Å²) in [5, 5.41) is 0.0184. The van der Waals surface area contributed by atoms with Crippen LogP contribution < -0.4 is 4.74 Å². The lowest BCUT2D eigenvalue weighted by atomic mass is 9.99. The van der Waals surface area contributed by atoms with Gasteiger partial charge in [-0.1, -0.05) is 30.0 Å². The summed E-state index contributed by atoms with van der Waals surface area (Å²) < 4.78 is 5.17. The van der Waals surface area contributed by atoms with Crippen molar-refractivity contribution in [3.05, 3.63) is 35.9 Å². The minimum atomic E-state index is 0.0184. The Morgan fingerprint density at radius 2 is 2.04 bits per heavy atom. The number of carbonyl (C=O) groups is 2. The number of methoxy groups -OCH3 is 1. The number of amides is 2. The number of ether oxygens (including phenoxy) is 1. The van der Waals surface area contributed by atoms with Crippen LogP contribution in [0.3, 0.4) is 0 Å². The molecule has 0 bridgehead atoms. The van der Waals surface area contributed by atoms with Gasteiger partial charge in [-0.3, -0.25) is 9.59 Å². The first-order chi connectivity index (χ1) is 11.2. The molecular weight excluding hydrogens is 312 g/mol. The Morgan fingerprint density at radius 3 is 2.61 bits per heavy atom. The number of carbonyl (C=O) groups excluding carboxylic acids is 2. The molecule has 0 unspecified atom stereocenters. The molecule has 0 atom stereocenters. The first-order valence-electron chi connectivity index (χ1n) is 7.70. The summed E-state index contributed by atoms with van der Waals surface area (Å²) in [5.74, 6) is 1.66. The summed E-state index contributed by atoms with van der Waals surface area (Å²) in [6, 6.07) is 7.99. The predicted octanol–water partition coefficient (Wildman–Crippen LogP) is 2.48. The fourth-order valence-corrected chi connectivity index (χ4v) is 3.62. The van der Waals surface area contributed by atoms with Crippen molar-refractivity contribution in [1.82, 2.24) is 9.80 Å². The summed E-state index contributed by atoms with van der Waals surface area (Å²) in [6.07, 6.45) is 2.94. The molecule has 23 heavy (non-hydrogen) atoms. The van der Waals surface area contributed by atoms with Crippen molar-refractivity contribution in [2.24, 2.45) is 0 Å². The van der Waals surface area contributed by atoms with E-state index in [4.69, 9.17) is 4.74 Å². The maximum Gasteiger partial charge on any atom is 0.282 e. The fourth-order valence-electron chi connectivity index (χ4n) is 2.80. The van der Waals surface area contributed by atoms with Gasteiger partial charge in [0.05, 0.1) is 7.11 Å². The fraction of sp³-hybridized carbons (Fsp3) is 0.412. The first kappa shape index (κ1) is 15.9. The normalized spacial score (nSPS) is 18.1. The second-order valence-electron chi connectivity index (χ2n) is 5.58. The minimum absolute atomic E-state index is 0.0184. The third-order valence-electron chi connectivity index (χ3n) is 4.19. The highest BCUT2D eigenvalue weighted by molar-refractivity contribution is 8.13. The van der Waals surface area contributed by atoms with Crippen LogP contribution in [-0.2, 0) is 4.79 Å². The van der Waals surface area contributed by atoms with E-state index in [1.165, 1.54) is 22.9 Å². The molecule has 3 rings (SSSR count). The van der Waals surface area contributed by atoms with Crippen LogP contribution in [0.2, 0.25) is 0 Å². The third kappa shape index (κ3) is 3.69. The van der Waals surface area contributed by atoms with Gasteiger partial charge in [0, 0.05) is 25.4 Å². The van der Waals surface area contributed by atoms with Crippen LogP contribution in [0, 0.1) is 0 Å². The summed E-state index contributed by atoms with van der Waals surface area (Å²) in [6.45, 7) is 2.19. The highest BCUT2D eigenvalue weighted by Crippen LogP contribution is 2.25. The van der Waals surface area contributed by atoms with Crippen molar-refractivity contribution in [3.8, 4) is 5.75 Å². The van der Waals surface area contributed by atoms with E-state index in [2.05, 4.69) is 6.08 Å². The van der Waals surface area contributed by atoms with Gasteiger partial charge in [-0.2, -0.15) is 0 Å². The molecule has 0 radical (unpaired) electrons. The van der Waals surface area contributed by atoms with Crippen LogP contribution in [-0.4, -0.2) is 60.0 Å². The Balaban J connectivity index is 1.58. The van der Waals surface area contributed by atoms with Gasteiger partial charge in [0.1, 0.15) is 12.3 Å². The quantitative estimate of drug-likeness (QED) is 0.850. The average Bonchev–Trinajstić information content (AvgIpc) is 3.00. The van der Waals surface area contributed by atoms with E-state index >= 15 is 0 Å². The number of benzene rings is 1. The van der Waals surface area contributed by atoms with Crippen LogP contribution in [0.15, 0.2) is 30.3 Å². The lowest BCUT2D eigenvalue weighted by Crippen LogP contribution is -2.42. The Hall–Kier alpha value is -1.95. The van der Waals surface area contributed by atoms with Gasteiger partial charge < -0.3 is 14.5 Å². The van der Waals surface area contributed by atoms with Crippen molar-refractivity contribution in [2.45, 2.75) is 6.42 Å². The maximum atomic E-state index is 12.3. The van der Waals surface area contributed by atoms with Crippen molar-refractivity contribution < 1.29 is 14.3 Å². The zero-order chi connectivity index (χ0) is 16.2. The summed E-state index contributed by atoms with van der Waals surface area (Å²) in [5.41, 5.74) is 2.42. The predicted molar refractivity (Wildman–Crippen MR) is 91.6 cm³/mol. The lowest BCUT2D eigenvalue weighted by Gasteiger charge is -2.28. The second-order valence-corrected chi connectivity index (χ2v) is 6.63. The van der Waals surface area contributed by atoms with Gasteiger partial charge in [0.25, 0.3) is 5.24 Å². The number of hydrogen-bond donors (Lipinski definition) is 0. The van der Waals surface area contributed by atoms with Crippen LogP contribution in [0.1, 0.15) is 12.0 Å². The van der Waals surface area contributed by atoms with Crippen LogP contribution in [0.5, 0.6) is 5.75 Å². The van der Waals surface area contributed by atoms with Gasteiger partial charge in [0.15, 0.2) is 0 Å². The first-order valence-corrected chi connectivity index (χ1v) is 8.69. The molecule has 5 nitrogen and oxygen atoms in total. The molecule has 1 saturated heterocycles. The molecule has 2 aliphatic rings. The van der Waals surface area contributed by atoms with E-state index in [1.54, 1.807) is 12.0 Å². The Kier molecular flexibility index (Phi) is 4.91. The zero-order valence-corrected chi connectivity index (χ0v) is 14.0. The van der Waals surface area contributed by atoms with E-state index in [-0.39, 0.29) is 17.7 Å². The van der Waals surface area contributed by atoms with Crippen LogP contribution in [0.4, 0.5) is 4.79 Å². The van der Waals surface area contributed by atoms with E-state index in [0.717, 1.165) is 17.9 Å². The standard InChI is InChI=1S/C17H20N2O3S/c1-22-15-4-2-13(3-5-15)14-6-8-18(9-7-14)16(20)12-19-10-11-23-17(19)21/h2-6H,7-12H2,1H3. The van der Waals surface area contributed by atoms with E-state index < -0.39 is 0 Å². The highest BCUT2D eigenvalue weighted by atomic mass is 32.2. The average molecular weight is 332 g/mol. The van der Waals surface area contributed by atoms with Crippen LogP contribution in [0.25, 0.3) is 5.57 Å². The molecule has 0 N–H and O–H groups in total. The molecule has 2 heterocycles. The highest BCUT2D eigenvalue weighted by Gasteiger charge is 2.26. The number of rotatable bonds is 4. The zero-order valence-electron chi connectivity index (χ0n) is 13.2. The molecule has 0 aliphatic carbocycles. The monoisotopic (exact) mass is 332 g/mol. The van der Waals surface area contributed by atoms with Crippen molar-refractivity contribution in [1.29, 1.82) is 0 Å². The van der Waals surface area contributed by atoms with Crippen molar-refractivity contribution in [2.75, 3.05) is 39.0 Å². The largest absolute Gasteiger partial charge is 0.497 e. The number of thioether (sulfide) groups is 1. The topological polar surface area (TPSA) is 49.9 Å². The summed E-state index contributed by atoms with van der Waals surface area (Å²) in [7, 11) is 1.65. The van der Waals surface area contributed by atoms with E-state index in [0.29, 0.717) is 19.6 Å². The molecule has 0 spiro atoms. The molecule has 0 saturated carbocycles. The lowest BCUT2D eigenvalue weighted by molar-refractivity contribution is -0.131. The molecular formula is C17H20N2O3S. The van der Waals surface area contributed by atoms with E-state index in [9.17, 15) is 9.59 Å². The Bertz CT molecular complexity index is 627. The molecule has 2 amide bonds. The SMILES string of the molecule is COc1ccc(C2=CCN(C(=O)CN3CCSC3=O)CC2)cc1. The molecule has 1 aromatic carbocycles. The third-order valence-corrected chi connectivity index (χ3v) is 5.09. The van der Waals surface area contributed by atoms with Crippen molar-refractivity contribution in [3.63, 3.8) is 0 Å². The molecule has 122 valence electrons. The smallest absolute Gasteiger partial charge is 0.282 e. The second kappa shape index (κ2) is 7.08. The molecule has 1 aromatic rings. The van der Waals surface area contributed by atoms with Crippen LogP contribution >= 0.6 is 11.8 Å². The number of nitrogens with zero attached hydrogens (tertiary/aromatic N) is 2. The molecule has 0 aromatic heterocycles. The van der Waals surface area contributed by atoms with Gasteiger partial charge in [0.2, 0.25) is 5.91 Å². The minimum Gasteiger partial charge on any atom is -0.497 e. The van der Waals surface area contributed by atoms with Gasteiger partial charge in [-0.25, -0.2) is 0 Å². The molecule has 6 heteroatoms. The number of hydrogen-bond acceptors (Lipinski definition) is 4. The molecule has 2 aliphatic heterocycles. The summed E-state index contributed by atoms with van der Waals surface area (Å²) in [4.78, 5) is 27.3. The summed E-state index contributed by atoms with van der Waals surface area (Å²) >= 11 is 1.29. The van der Waals surface area contributed by atoms with Gasteiger partial charge >= 0.3 is 0 Å². The van der Waals surface area contributed by atoms with Gasteiger partial charge in [-0.05, 0) is 29.7 Å². The maximum absolute atomic E-state index is 12.3. The van der Waals surface area contributed by atoms with Gasteiger partial charge in [-0.15, -0.1) is 0 Å². The molecule has 1 fully saturated rings. The van der Waals surface area contributed by atoms with E-state index in [1.807, 2.05) is 29.2 Å². The Labute approximate surface area is 140 Å². The van der Waals surface area contributed by atoms with Crippen molar-refractivity contribution >= 4 is 28.5 Å².